The number of aromatic carboxylic acids is 1. The minimum Gasteiger partial charge on any atom is -0.478 e. The maximum absolute atomic E-state index is 12.2. The molecule has 0 aliphatic rings. The van der Waals surface area contributed by atoms with Gasteiger partial charge in [0.05, 0.1) is 26.6 Å². The molecule has 0 spiro atoms. The van der Waals surface area contributed by atoms with Crippen LogP contribution in [0, 0.1) is 6.92 Å². The highest BCUT2D eigenvalue weighted by atomic mass is 35.5. The first-order valence-corrected chi connectivity index (χ1v) is 13.0. The minimum atomic E-state index is -1.12. The summed E-state index contributed by atoms with van der Waals surface area (Å²) in [5, 5.41) is 15.8. The quantitative estimate of drug-likeness (QED) is 0.208. The second kappa shape index (κ2) is 10.4. The molecule has 4 aromatic heterocycles. The van der Waals surface area contributed by atoms with Crippen LogP contribution in [0.4, 0.5) is 29.1 Å². The zero-order chi connectivity index (χ0) is 27.8. The molecular formula is C30H20Cl2N6O2. The number of para-hydroxylation sites is 2. The molecule has 0 unspecified atom stereocenters. The van der Waals surface area contributed by atoms with Gasteiger partial charge in [0.15, 0.2) is 0 Å². The van der Waals surface area contributed by atoms with Crippen LogP contribution in [0.15, 0.2) is 91.1 Å². The number of nitrogens with zero attached hydrogens (tertiary/aromatic N) is 5. The Balaban J connectivity index is 1.51. The van der Waals surface area contributed by atoms with E-state index in [1.807, 2.05) is 61.5 Å². The van der Waals surface area contributed by atoms with Crippen molar-refractivity contribution in [1.82, 2.24) is 19.9 Å². The molecule has 0 fully saturated rings. The predicted molar refractivity (Wildman–Crippen MR) is 159 cm³/mol. The number of fused-ring (bicyclic) bond motifs is 2. The van der Waals surface area contributed by atoms with Crippen molar-refractivity contribution < 1.29 is 9.90 Å². The first-order valence-electron chi connectivity index (χ1n) is 12.2. The number of anilines is 5. The van der Waals surface area contributed by atoms with E-state index in [-0.39, 0.29) is 11.4 Å². The van der Waals surface area contributed by atoms with Gasteiger partial charge in [0.25, 0.3) is 0 Å². The van der Waals surface area contributed by atoms with Crippen molar-refractivity contribution in [1.29, 1.82) is 0 Å². The summed E-state index contributed by atoms with van der Waals surface area (Å²) in [5.41, 5.74) is 2.19. The maximum atomic E-state index is 12.2. The average Bonchev–Trinajstić information content (AvgIpc) is 2.94. The van der Waals surface area contributed by atoms with Crippen LogP contribution in [-0.2, 0) is 0 Å². The number of benzene rings is 2. The molecule has 8 nitrogen and oxygen atoms in total. The van der Waals surface area contributed by atoms with E-state index in [1.165, 1.54) is 12.1 Å². The lowest BCUT2D eigenvalue weighted by molar-refractivity contribution is 0.0697. The van der Waals surface area contributed by atoms with Gasteiger partial charge >= 0.3 is 5.97 Å². The molecule has 6 rings (SSSR count). The lowest BCUT2D eigenvalue weighted by atomic mass is 10.2. The number of nitrogens with one attached hydrogen (secondary N) is 1. The third-order valence-electron chi connectivity index (χ3n) is 6.23. The van der Waals surface area contributed by atoms with Crippen LogP contribution in [0.3, 0.4) is 0 Å². The van der Waals surface area contributed by atoms with Crippen molar-refractivity contribution in [2.24, 2.45) is 0 Å². The van der Waals surface area contributed by atoms with E-state index in [0.29, 0.717) is 44.4 Å². The fourth-order valence-corrected chi connectivity index (χ4v) is 4.80. The lowest BCUT2D eigenvalue weighted by Crippen LogP contribution is -2.16. The Kier molecular flexibility index (Phi) is 6.63. The van der Waals surface area contributed by atoms with Gasteiger partial charge in [-0.05, 0) is 73.2 Å². The SMILES string of the molecule is Cc1ccnc(N(c2cc(C(=O)O)cc(Nc3ccc4cccc(Cl)c4n3)n2)c2ccc3cccc(Cl)c3n2)c1. The van der Waals surface area contributed by atoms with Crippen LogP contribution < -0.4 is 10.2 Å². The normalized spacial score (nSPS) is 11.1. The Bertz CT molecular complexity index is 1930. The van der Waals surface area contributed by atoms with E-state index < -0.39 is 5.97 Å². The van der Waals surface area contributed by atoms with Crippen LogP contribution in [0.1, 0.15) is 15.9 Å². The highest BCUT2D eigenvalue weighted by Gasteiger charge is 2.21. The lowest BCUT2D eigenvalue weighted by Gasteiger charge is -2.23. The molecule has 0 bridgehead atoms. The summed E-state index contributed by atoms with van der Waals surface area (Å²) in [5.74, 6) is 0.875. The number of carboxylic acid groups (broad SMARTS) is 1. The number of pyridine rings is 4. The molecule has 0 amide bonds. The molecule has 40 heavy (non-hydrogen) atoms. The number of aromatic nitrogens is 4. The summed E-state index contributed by atoms with van der Waals surface area (Å²) in [6, 6.07) is 25.1. The topological polar surface area (TPSA) is 104 Å². The molecule has 0 aliphatic heterocycles. The van der Waals surface area contributed by atoms with Gasteiger partial charge in [0.2, 0.25) is 0 Å². The maximum Gasteiger partial charge on any atom is 0.335 e. The number of carbonyl (C=O) groups is 1. The van der Waals surface area contributed by atoms with Gasteiger partial charge < -0.3 is 10.4 Å². The van der Waals surface area contributed by atoms with Gasteiger partial charge in [-0.3, -0.25) is 4.90 Å². The Hall–Kier alpha value is -4.79. The van der Waals surface area contributed by atoms with Crippen molar-refractivity contribution in [3.8, 4) is 0 Å². The van der Waals surface area contributed by atoms with Crippen LogP contribution in [0.25, 0.3) is 21.8 Å². The van der Waals surface area contributed by atoms with E-state index in [4.69, 9.17) is 33.2 Å². The van der Waals surface area contributed by atoms with Crippen molar-refractivity contribution in [3.05, 3.63) is 112 Å². The summed E-state index contributed by atoms with van der Waals surface area (Å²) in [4.78, 5) is 32.6. The van der Waals surface area contributed by atoms with Crippen LogP contribution in [0.2, 0.25) is 10.0 Å². The third-order valence-corrected chi connectivity index (χ3v) is 6.84. The fraction of sp³-hybridized carbons (Fsp3) is 0.0333. The molecular weight excluding hydrogens is 547 g/mol. The van der Waals surface area contributed by atoms with Crippen LogP contribution in [0.5, 0.6) is 0 Å². The number of hydrogen-bond acceptors (Lipinski definition) is 7. The van der Waals surface area contributed by atoms with E-state index in [9.17, 15) is 9.90 Å². The molecule has 2 aromatic carbocycles. The van der Waals surface area contributed by atoms with E-state index in [0.717, 1.165) is 16.3 Å². The van der Waals surface area contributed by atoms with Gasteiger partial charge in [-0.25, -0.2) is 24.7 Å². The summed E-state index contributed by atoms with van der Waals surface area (Å²) in [6.45, 7) is 1.94. The average molecular weight is 567 g/mol. The number of aryl methyl sites for hydroxylation is 1. The van der Waals surface area contributed by atoms with Gasteiger partial charge in [0, 0.05) is 17.0 Å². The Morgan fingerprint density at radius 1 is 0.750 bits per heavy atom. The third kappa shape index (κ3) is 4.98. The number of rotatable bonds is 6. The van der Waals surface area contributed by atoms with Gasteiger partial charge in [-0.2, -0.15) is 0 Å². The highest BCUT2D eigenvalue weighted by Crippen LogP contribution is 2.35. The summed E-state index contributed by atoms with van der Waals surface area (Å²) < 4.78 is 0. The summed E-state index contributed by atoms with van der Waals surface area (Å²) in [6.07, 6.45) is 1.68. The molecule has 0 radical (unpaired) electrons. The van der Waals surface area contributed by atoms with Crippen molar-refractivity contribution in [3.63, 3.8) is 0 Å². The zero-order valence-electron chi connectivity index (χ0n) is 21.0. The van der Waals surface area contributed by atoms with Crippen molar-refractivity contribution in [2.45, 2.75) is 6.92 Å². The van der Waals surface area contributed by atoms with Crippen molar-refractivity contribution >= 4 is 80.1 Å². The van der Waals surface area contributed by atoms with E-state index in [1.54, 1.807) is 29.3 Å². The fourth-order valence-electron chi connectivity index (χ4n) is 4.35. The predicted octanol–water partition coefficient (Wildman–Crippen LogP) is 8.10. The zero-order valence-corrected chi connectivity index (χ0v) is 22.5. The van der Waals surface area contributed by atoms with Crippen LogP contribution >= 0.6 is 23.2 Å². The second-order valence-electron chi connectivity index (χ2n) is 9.05. The molecule has 0 saturated heterocycles. The highest BCUT2D eigenvalue weighted by molar-refractivity contribution is 6.35. The molecule has 0 saturated carbocycles. The molecule has 4 heterocycles. The first kappa shape index (κ1) is 25.5. The van der Waals surface area contributed by atoms with Gasteiger partial charge in [-0.15, -0.1) is 0 Å². The monoisotopic (exact) mass is 566 g/mol. The Morgan fingerprint density at radius 2 is 1.45 bits per heavy atom. The Morgan fingerprint density at radius 3 is 2.15 bits per heavy atom. The van der Waals surface area contributed by atoms with E-state index in [2.05, 4.69) is 15.3 Å². The molecule has 10 heteroatoms. The van der Waals surface area contributed by atoms with Gasteiger partial charge in [0.1, 0.15) is 29.1 Å². The number of carboxylic acids is 1. The number of hydrogen-bond donors (Lipinski definition) is 2. The molecule has 196 valence electrons. The first-order chi connectivity index (χ1) is 19.4. The van der Waals surface area contributed by atoms with Gasteiger partial charge in [-0.1, -0.05) is 47.5 Å². The molecule has 0 atom stereocenters. The molecule has 6 aromatic rings. The van der Waals surface area contributed by atoms with Crippen LogP contribution in [-0.4, -0.2) is 31.0 Å². The summed E-state index contributed by atoms with van der Waals surface area (Å²) >= 11 is 12.8. The largest absolute Gasteiger partial charge is 0.478 e. The standard InChI is InChI=1S/C30H20Cl2N6O2/c1-17-12-13-33-26(14-17)38(25-11-9-19-5-3-7-22(32)29(19)37-25)27-16-20(30(39)40)15-24(35-27)34-23-10-8-18-4-2-6-21(31)28(18)36-23/h2-16H,1H3,(H,39,40)(H,34,35,36). The minimum absolute atomic E-state index is 0.0165. The molecule has 2 N–H and O–H groups in total. The smallest absolute Gasteiger partial charge is 0.335 e. The number of halogens is 2. The van der Waals surface area contributed by atoms with E-state index >= 15 is 0 Å². The van der Waals surface area contributed by atoms with Crippen molar-refractivity contribution in [2.75, 3.05) is 10.2 Å². The summed E-state index contributed by atoms with van der Waals surface area (Å²) in [7, 11) is 0. The Labute approximate surface area is 238 Å². The second-order valence-corrected chi connectivity index (χ2v) is 9.86. The molecule has 0 aliphatic carbocycles.